The van der Waals surface area contributed by atoms with Gasteiger partial charge in [0.25, 0.3) is 0 Å². The van der Waals surface area contributed by atoms with Crippen LogP contribution in [0.2, 0.25) is 0 Å². The zero-order chi connectivity index (χ0) is 16.3. The van der Waals surface area contributed by atoms with E-state index >= 15 is 0 Å². The predicted molar refractivity (Wildman–Crippen MR) is 86.9 cm³/mol. The van der Waals surface area contributed by atoms with E-state index in [1.165, 1.54) is 0 Å². The van der Waals surface area contributed by atoms with Crippen molar-refractivity contribution in [3.63, 3.8) is 0 Å². The number of benzene rings is 2. The fourth-order valence-corrected chi connectivity index (χ4v) is 2.98. The third kappa shape index (κ3) is 2.89. The Kier molecular flexibility index (Phi) is 4.24. The average molecular weight is 312 g/mol. The lowest BCUT2D eigenvalue weighted by Crippen LogP contribution is -2.42. The highest BCUT2D eigenvalue weighted by molar-refractivity contribution is 5.83. The highest BCUT2D eigenvalue weighted by atomic mass is 16.5. The molecule has 2 aromatic carbocycles. The number of aliphatic carboxylic acids is 1. The van der Waals surface area contributed by atoms with Gasteiger partial charge in [0.05, 0.1) is 12.5 Å². The van der Waals surface area contributed by atoms with Gasteiger partial charge in [-0.05, 0) is 36.1 Å². The first-order valence-electron chi connectivity index (χ1n) is 7.74. The number of methoxy groups -OCH3 is 1. The van der Waals surface area contributed by atoms with Gasteiger partial charge in [-0.2, -0.15) is 0 Å². The summed E-state index contributed by atoms with van der Waals surface area (Å²) in [4.78, 5) is 11.6. The molecule has 0 unspecified atom stereocenters. The molecule has 0 spiro atoms. The van der Waals surface area contributed by atoms with E-state index in [1.54, 1.807) is 19.2 Å². The quantitative estimate of drug-likeness (QED) is 0.882. The summed E-state index contributed by atoms with van der Waals surface area (Å²) >= 11 is 0. The number of carboxylic acids is 1. The van der Waals surface area contributed by atoms with Crippen molar-refractivity contribution in [3.8, 4) is 11.5 Å². The van der Waals surface area contributed by atoms with Crippen LogP contribution in [-0.2, 0) is 16.8 Å². The van der Waals surface area contributed by atoms with E-state index in [9.17, 15) is 9.90 Å². The third-order valence-corrected chi connectivity index (χ3v) is 4.57. The molecule has 0 bridgehead atoms. The van der Waals surface area contributed by atoms with Crippen molar-refractivity contribution in [2.75, 3.05) is 7.11 Å². The summed E-state index contributed by atoms with van der Waals surface area (Å²) in [5.74, 6) is 0.440. The van der Waals surface area contributed by atoms with Crippen molar-refractivity contribution < 1.29 is 19.4 Å². The number of carboxylic acid groups (broad SMARTS) is 1. The highest BCUT2D eigenvalue weighted by Gasteiger charge is 2.46. The van der Waals surface area contributed by atoms with Gasteiger partial charge in [-0.1, -0.05) is 42.8 Å². The number of hydrogen-bond donors (Lipinski definition) is 1. The Morgan fingerprint density at radius 1 is 1.13 bits per heavy atom. The topological polar surface area (TPSA) is 55.8 Å². The Labute approximate surface area is 135 Å². The molecule has 4 nitrogen and oxygen atoms in total. The Balaban J connectivity index is 1.81. The lowest BCUT2D eigenvalue weighted by Gasteiger charge is -2.38. The van der Waals surface area contributed by atoms with Crippen molar-refractivity contribution in [1.29, 1.82) is 0 Å². The maximum Gasteiger partial charge on any atom is 0.314 e. The van der Waals surface area contributed by atoms with Crippen LogP contribution in [0.15, 0.2) is 48.5 Å². The Hall–Kier alpha value is -2.49. The molecule has 1 aliphatic rings. The van der Waals surface area contributed by atoms with Gasteiger partial charge >= 0.3 is 5.97 Å². The van der Waals surface area contributed by atoms with Crippen molar-refractivity contribution in [2.24, 2.45) is 0 Å². The lowest BCUT2D eigenvalue weighted by molar-refractivity contribution is -0.147. The van der Waals surface area contributed by atoms with Crippen LogP contribution in [0.5, 0.6) is 11.5 Å². The minimum absolute atomic E-state index is 0.445. The fourth-order valence-electron chi connectivity index (χ4n) is 2.98. The van der Waals surface area contributed by atoms with Crippen LogP contribution in [0.4, 0.5) is 0 Å². The average Bonchev–Trinajstić information content (AvgIpc) is 2.53. The molecular formula is C19H20O4. The normalized spacial score (nSPS) is 15.5. The molecule has 0 heterocycles. The summed E-state index contributed by atoms with van der Waals surface area (Å²) in [6.07, 6.45) is 2.30. The molecule has 1 aliphatic carbocycles. The fraction of sp³-hybridized carbons (Fsp3) is 0.316. The summed E-state index contributed by atoms with van der Waals surface area (Å²) in [5, 5.41) is 9.55. The molecule has 3 rings (SSSR count). The largest absolute Gasteiger partial charge is 0.493 e. The van der Waals surface area contributed by atoms with E-state index in [-0.39, 0.29) is 0 Å². The second kappa shape index (κ2) is 6.32. The Morgan fingerprint density at radius 2 is 1.87 bits per heavy atom. The van der Waals surface area contributed by atoms with E-state index in [4.69, 9.17) is 9.47 Å². The minimum Gasteiger partial charge on any atom is -0.493 e. The second-order valence-corrected chi connectivity index (χ2v) is 5.88. The summed E-state index contributed by atoms with van der Waals surface area (Å²) in [6.45, 7) is 0.445. The molecule has 0 amide bonds. The molecule has 4 heteroatoms. The number of carbonyl (C=O) groups is 1. The summed E-state index contributed by atoms with van der Waals surface area (Å²) < 4.78 is 11.2. The van der Waals surface area contributed by atoms with Gasteiger partial charge in [0, 0.05) is 0 Å². The van der Waals surface area contributed by atoms with Crippen LogP contribution < -0.4 is 9.47 Å². The minimum atomic E-state index is -0.760. The number of hydrogen-bond acceptors (Lipinski definition) is 3. The van der Waals surface area contributed by atoms with Crippen molar-refractivity contribution in [1.82, 2.24) is 0 Å². The predicted octanol–water partition coefficient (Wildman–Crippen LogP) is 3.78. The van der Waals surface area contributed by atoms with E-state index in [0.717, 1.165) is 17.5 Å². The van der Waals surface area contributed by atoms with Crippen LogP contribution in [0, 0.1) is 0 Å². The van der Waals surface area contributed by atoms with Crippen molar-refractivity contribution in [3.05, 3.63) is 59.7 Å². The molecule has 1 saturated carbocycles. The zero-order valence-corrected chi connectivity index (χ0v) is 13.1. The molecule has 23 heavy (non-hydrogen) atoms. The number of rotatable bonds is 6. The van der Waals surface area contributed by atoms with Crippen LogP contribution in [0.1, 0.15) is 30.4 Å². The zero-order valence-electron chi connectivity index (χ0n) is 13.1. The van der Waals surface area contributed by atoms with Gasteiger partial charge in [-0.25, -0.2) is 0 Å². The first-order valence-corrected chi connectivity index (χ1v) is 7.74. The van der Waals surface area contributed by atoms with Crippen LogP contribution in [0.3, 0.4) is 0 Å². The standard InChI is InChI=1S/C19H20O4/c1-22-17-12-15(19(18(20)21)10-5-11-19)8-9-16(17)23-13-14-6-3-2-4-7-14/h2-4,6-9,12H,5,10-11,13H2,1H3,(H,20,21). The molecule has 0 aliphatic heterocycles. The third-order valence-electron chi connectivity index (χ3n) is 4.57. The van der Waals surface area contributed by atoms with Gasteiger partial charge in [-0.3, -0.25) is 4.79 Å². The van der Waals surface area contributed by atoms with Gasteiger partial charge in [0.15, 0.2) is 11.5 Å². The Morgan fingerprint density at radius 3 is 2.43 bits per heavy atom. The maximum atomic E-state index is 11.6. The lowest BCUT2D eigenvalue weighted by atomic mass is 9.64. The van der Waals surface area contributed by atoms with Crippen LogP contribution in [0.25, 0.3) is 0 Å². The SMILES string of the molecule is COc1cc(C2(C(=O)O)CCC2)ccc1OCc1ccccc1. The smallest absolute Gasteiger partial charge is 0.314 e. The first-order chi connectivity index (χ1) is 11.2. The molecular weight excluding hydrogens is 292 g/mol. The molecule has 2 aromatic rings. The highest BCUT2D eigenvalue weighted by Crippen LogP contribution is 2.46. The first kappa shape index (κ1) is 15.4. The maximum absolute atomic E-state index is 11.6. The Bertz CT molecular complexity index is 690. The summed E-state index contributed by atoms with van der Waals surface area (Å²) in [6, 6.07) is 15.3. The molecule has 0 saturated heterocycles. The van der Waals surface area contributed by atoms with E-state index < -0.39 is 11.4 Å². The molecule has 1 N–H and O–H groups in total. The van der Waals surface area contributed by atoms with Crippen LogP contribution >= 0.6 is 0 Å². The number of ether oxygens (including phenoxy) is 2. The van der Waals surface area contributed by atoms with Gasteiger partial charge in [0.1, 0.15) is 6.61 Å². The molecule has 120 valence electrons. The van der Waals surface area contributed by atoms with E-state index in [2.05, 4.69) is 0 Å². The van der Waals surface area contributed by atoms with Gasteiger partial charge in [0.2, 0.25) is 0 Å². The second-order valence-electron chi connectivity index (χ2n) is 5.88. The molecule has 0 aromatic heterocycles. The van der Waals surface area contributed by atoms with Crippen LogP contribution in [-0.4, -0.2) is 18.2 Å². The molecule has 1 fully saturated rings. The van der Waals surface area contributed by atoms with Crippen molar-refractivity contribution >= 4 is 5.97 Å². The molecule has 0 atom stereocenters. The summed E-state index contributed by atoms with van der Waals surface area (Å²) in [7, 11) is 1.57. The monoisotopic (exact) mass is 312 g/mol. The molecule has 0 radical (unpaired) electrons. The van der Waals surface area contributed by atoms with Crippen molar-refractivity contribution in [2.45, 2.75) is 31.3 Å². The van der Waals surface area contributed by atoms with Gasteiger partial charge < -0.3 is 14.6 Å². The van der Waals surface area contributed by atoms with Gasteiger partial charge in [-0.15, -0.1) is 0 Å². The summed E-state index contributed by atoms with van der Waals surface area (Å²) in [5.41, 5.74) is 1.10. The van der Waals surface area contributed by atoms with E-state index in [0.29, 0.717) is 30.9 Å². The van der Waals surface area contributed by atoms with E-state index in [1.807, 2.05) is 36.4 Å².